The van der Waals surface area contributed by atoms with Crippen LogP contribution < -0.4 is 33.0 Å². The van der Waals surface area contributed by atoms with Gasteiger partial charge in [0.2, 0.25) is 17.8 Å². The van der Waals surface area contributed by atoms with Crippen molar-refractivity contribution in [2.24, 2.45) is 5.16 Å². The molecule has 3 amide bonds. The number of aromatic nitrogens is 7. The highest BCUT2D eigenvalue weighted by Gasteiger charge is 2.56. The number of esters is 1. The average Bonchev–Trinajstić information content (AvgIpc) is 3.60. The van der Waals surface area contributed by atoms with E-state index in [1.807, 2.05) is 73.3 Å². The molecule has 0 unspecified atom stereocenters. The monoisotopic (exact) mass is 875 g/mol. The molecule has 2 aliphatic heterocycles. The lowest BCUT2D eigenvalue weighted by molar-refractivity contribution is -0.758. The standard InChI is InChI=1S/C39H41N11O7S2.ClH/c1-38(2,3)56-37(54)45-36-43-29(21-59-36)31(47-57-39(14-15-39)35(53)55-32(24-10-6-4-7-11-24)25-12-8-5-9-13-25)34(52)44-30-28(42-33(30)51)19-50-41-16-26(46-50)20-58-27-17-48-22-40-23-49(48)18-27;/h4-13,16,21-23,27-28,30,32H,14-15,17-20H2,1-3H3,(H2-,42,43,44,45,51,52,54);1H/t28-,30+;/m1./s1. The third kappa shape index (κ3) is 9.94. The second-order valence-corrected chi connectivity index (χ2v) is 17.5. The molecule has 8 rings (SSSR count). The maximum atomic E-state index is 14.0. The first-order chi connectivity index (χ1) is 28.4. The molecule has 18 nitrogen and oxygen atoms in total. The number of nitrogens with one attached hydrogen (secondary N) is 3. The van der Waals surface area contributed by atoms with Gasteiger partial charge in [0.25, 0.3) is 5.91 Å². The fourth-order valence-electron chi connectivity index (χ4n) is 6.45. The Bertz CT molecular complexity index is 2300. The summed E-state index contributed by atoms with van der Waals surface area (Å²) in [7, 11) is 0. The Hall–Kier alpha value is -5.86. The van der Waals surface area contributed by atoms with E-state index in [1.54, 1.807) is 38.7 Å². The highest BCUT2D eigenvalue weighted by molar-refractivity contribution is 7.99. The molecule has 2 atom stereocenters. The number of carbonyl (C=O) groups excluding carboxylic acids is 4. The van der Waals surface area contributed by atoms with Gasteiger partial charge in [-0.3, -0.25) is 14.9 Å². The summed E-state index contributed by atoms with van der Waals surface area (Å²) in [5.74, 6) is -1.20. The highest BCUT2D eigenvalue weighted by Crippen LogP contribution is 2.43. The largest absolute Gasteiger partial charge is 1.00 e. The Balaban J connectivity index is 0.00000544. The molecule has 21 heteroatoms. The molecule has 1 saturated carbocycles. The average molecular weight is 876 g/mol. The number of thiazole rings is 1. The number of β-lactam (4-membered cyclic amide) rings is 1. The van der Waals surface area contributed by atoms with E-state index in [9.17, 15) is 19.2 Å². The Morgan fingerprint density at radius 3 is 2.47 bits per heavy atom. The Morgan fingerprint density at radius 2 is 1.82 bits per heavy atom. The lowest BCUT2D eigenvalue weighted by atomic mass is 9.98. The molecule has 3 aliphatic rings. The first-order valence-electron chi connectivity index (χ1n) is 19.0. The number of rotatable bonds is 15. The van der Waals surface area contributed by atoms with Gasteiger partial charge in [-0.05, 0) is 36.9 Å². The smallest absolute Gasteiger partial charge is 0.413 e. The molecule has 2 fully saturated rings. The van der Waals surface area contributed by atoms with Crippen molar-refractivity contribution in [1.82, 2.24) is 40.3 Å². The zero-order chi connectivity index (χ0) is 41.1. The number of fused-ring (bicyclic) bond motifs is 1. The van der Waals surface area contributed by atoms with E-state index in [0.29, 0.717) is 23.8 Å². The van der Waals surface area contributed by atoms with E-state index >= 15 is 0 Å². The van der Waals surface area contributed by atoms with Crippen molar-refractivity contribution in [3.05, 3.63) is 107 Å². The van der Waals surface area contributed by atoms with Crippen LogP contribution in [0.5, 0.6) is 0 Å². The van der Waals surface area contributed by atoms with Gasteiger partial charge in [-0.25, -0.2) is 14.6 Å². The van der Waals surface area contributed by atoms with Crippen LogP contribution in [0.2, 0.25) is 0 Å². The normalized spacial score (nSPS) is 19.0. The van der Waals surface area contributed by atoms with E-state index in [-0.39, 0.29) is 35.5 Å². The molecule has 3 N–H and O–H groups in total. The van der Waals surface area contributed by atoms with Gasteiger partial charge in [0.1, 0.15) is 23.9 Å². The van der Waals surface area contributed by atoms with Gasteiger partial charge < -0.3 is 37.4 Å². The van der Waals surface area contributed by atoms with Crippen LogP contribution in [0, 0.1) is 0 Å². The van der Waals surface area contributed by atoms with E-state index in [2.05, 4.69) is 50.6 Å². The fraction of sp³-hybridized carbons (Fsp3) is 0.385. The molecule has 314 valence electrons. The van der Waals surface area contributed by atoms with E-state index in [0.717, 1.165) is 41.2 Å². The van der Waals surface area contributed by atoms with Crippen molar-refractivity contribution < 1.29 is 50.6 Å². The van der Waals surface area contributed by atoms with Gasteiger partial charge in [0, 0.05) is 24.0 Å². The van der Waals surface area contributed by atoms with Gasteiger partial charge >= 0.3 is 18.4 Å². The van der Waals surface area contributed by atoms with Crippen LogP contribution in [0.3, 0.4) is 0 Å². The molecule has 1 aliphatic carbocycles. The molecule has 5 aromatic rings. The Kier molecular flexibility index (Phi) is 12.5. The minimum atomic E-state index is -1.46. The van der Waals surface area contributed by atoms with Crippen molar-refractivity contribution >= 4 is 57.8 Å². The molecule has 60 heavy (non-hydrogen) atoms. The number of ether oxygens (including phenoxy) is 2. The minimum absolute atomic E-state index is 0. The van der Waals surface area contributed by atoms with E-state index < -0.39 is 53.3 Å². The van der Waals surface area contributed by atoms with Crippen molar-refractivity contribution in [3.63, 3.8) is 0 Å². The molecule has 3 aromatic heterocycles. The van der Waals surface area contributed by atoms with Crippen molar-refractivity contribution in [1.29, 1.82) is 0 Å². The zero-order valence-corrected chi connectivity index (χ0v) is 35.2. The molecule has 0 spiro atoms. The van der Waals surface area contributed by atoms with Crippen LogP contribution in [0.4, 0.5) is 9.93 Å². The van der Waals surface area contributed by atoms with Gasteiger partial charge in [-0.15, -0.1) is 23.1 Å². The first kappa shape index (κ1) is 42.3. The maximum Gasteiger partial charge on any atom is 0.413 e. The van der Waals surface area contributed by atoms with Gasteiger partial charge in [0.05, 0.1) is 36.3 Å². The summed E-state index contributed by atoms with van der Waals surface area (Å²) in [6.45, 7) is 7.10. The van der Waals surface area contributed by atoms with Crippen LogP contribution >= 0.6 is 23.1 Å². The molecule has 1 saturated heterocycles. The summed E-state index contributed by atoms with van der Waals surface area (Å²) in [6, 6.07) is 17.2. The van der Waals surface area contributed by atoms with Crippen molar-refractivity contribution in [3.8, 4) is 0 Å². The summed E-state index contributed by atoms with van der Waals surface area (Å²) in [4.78, 5) is 69.1. The molecule has 0 radical (unpaired) electrons. The summed E-state index contributed by atoms with van der Waals surface area (Å²) in [6.07, 6.45) is 4.44. The minimum Gasteiger partial charge on any atom is -1.00 e. The summed E-state index contributed by atoms with van der Waals surface area (Å²) >= 11 is 2.80. The highest BCUT2D eigenvalue weighted by atomic mass is 35.5. The third-order valence-corrected chi connectivity index (χ3v) is 11.6. The van der Waals surface area contributed by atoms with Crippen molar-refractivity contribution in [2.45, 2.75) is 93.6 Å². The topological polar surface area (TPSA) is 210 Å². The number of oxime groups is 1. The second kappa shape index (κ2) is 17.8. The number of anilines is 1. The Morgan fingerprint density at radius 1 is 1.10 bits per heavy atom. The van der Waals surface area contributed by atoms with Gasteiger partial charge in [-0.2, -0.15) is 24.4 Å². The number of hydrogen-bond donors (Lipinski definition) is 3. The van der Waals surface area contributed by atoms with Gasteiger partial charge in [-0.1, -0.05) is 65.8 Å². The predicted octanol–water partition coefficient (Wildman–Crippen LogP) is 0.155. The SMILES string of the molecule is CC(C)(C)OC(=O)Nc1nc(C(=NOC2(C(=O)OC(c3ccccc3)c3ccccc3)CC2)C(=O)N[C@@H]2C(=O)N[C@@H]2Cn2ncc(CSC3Cn4cnc[n+]4C3)n2)cs1.[Cl-]. The molecule has 5 heterocycles. The molecular weight excluding hydrogens is 834 g/mol. The maximum absolute atomic E-state index is 14.0. The van der Waals surface area contributed by atoms with Crippen LogP contribution in [-0.2, 0) is 54.1 Å². The molecule has 2 aromatic carbocycles. The van der Waals surface area contributed by atoms with Crippen LogP contribution in [0.1, 0.15) is 62.2 Å². The third-order valence-electron chi connectivity index (χ3n) is 9.61. The number of benzene rings is 2. The first-order valence-corrected chi connectivity index (χ1v) is 20.9. The molecular formula is C39H42ClN11O7S2. The summed E-state index contributed by atoms with van der Waals surface area (Å²) in [5.41, 5.74) is -0.176. The Labute approximate surface area is 358 Å². The van der Waals surface area contributed by atoms with Crippen LogP contribution in [-0.4, -0.2) is 87.8 Å². The summed E-state index contributed by atoms with van der Waals surface area (Å²) in [5, 5.41) is 23.3. The fourth-order valence-corrected chi connectivity index (χ4v) is 8.19. The van der Waals surface area contributed by atoms with Crippen LogP contribution in [0.15, 0.2) is 90.1 Å². The number of thioether (sulfide) groups is 1. The summed E-state index contributed by atoms with van der Waals surface area (Å²) < 4.78 is 15.6. The number of nitrogens with zero attached hydrogens (tertiary/aromatic N) is 8. The lowest BCUT2D eigenvalue weighted by Gasteiger charge is -2.36. The van der Waals surface area contributed by atoms with Gasteiger partial charge in [0.15, 0.2) is 16.9 Å². The van der Waals surface area contributed by atoms with E-state index in [4.69, 9.17) is 14.3 Å². The quantitative estimate of drug-likeness (QED) is 0.0423. The van der Waals surface area contributed by atoms with Crippen LogP contribution in [0.25, 0.3) is 0 Å². The number of amides is 3. The predicted molar refractivity (Wildman–Crippen MR) is 214 cm³/mol. The number of halogens is 1. The lowest BCUT2D eigenvalue weighted by Crippen LogP contribution is -3.00. The van der Waals surface area contributed by atoms with Crippen molar-refractivity contribution in [2.75, 3.05) is 5.32 Å². The number of hydrogen-bond acceptors (Lipinski definition) is 14. The number of carbonyl (C=O) groups is 4. The zero-order valence-electron chi connectivity index (χ0n) is 32.8. The second-order valence-electron chi connectivity index (χ2n) is 15.3. The molecule has 0 bridgehead atoms. The van der Waals surface area contributed by atoms with E-state index in [1.165, 1.54) is 10.2 Å².